The Hall–Kier alpha value is -1.26. The molecule has 4 aliphatic rings. The first-order chi connectivity index (χ1) is 12.2. The van der Waals surface area contributed by atoms with Gasteiger partial charge in [-0.1, -0.05) is 25.5 Å². The molecule has 0 spiro atoms. The van der Waals surface area contributed by atoms with Crippen LogP contribution in [0.3, 0.4) is 0 Å². The van der Waals surface area contributed by atoms with Gasteiger partial charge in [0.25, 0.3) is 0 Å². The van der Waals surface area contributed by atoms with Gasteiger partial charge >= 0.3 is 0 Å². The largest absolute Gasteiger partial charge is 0.388 e. The maximum absolute atomic E-state index is 12.4. The first-order valence-corrected chi connectivity index (χ1v) is 9.99. The van der Waals surface area contributed by atoms with Gasteiger partial charge in [0.05, 0.1) is 0 Å². The minimum Gasteiger partial charge on any atom is -0.388 e. The van der Waals surface area contributed by atoms with E-state index >= 15 is 0 Å². The zero-order valence-corrected chi connectivity index (χ0v) is 16.0. The van der Waals surface area contributed by atoms with E-state index < -0.39 is 23.4 Å². The lowest BCUT2D eigenvalue weighted by atomic mass is 9.47. The van der Waals surface area contributed by atoms with Crippen LogP contribution < -0.4 is 0 Å². The van der Waals surface area contributed by atoms with Crippen molar-refractivity contribution < 1.29 is 19.8 Å². The Balaban J connectivity index is 1.71. The molecule has 4 aliphatic carbocycles. The summed E-state index contributed by atoms with van der Waals surface area (Å²) in [6, 6.07) is 0. The first kappa shape index (κ1) is 18.1. The SMILES string of the molecule is CC1=C[C@@]2(C)C(=CC1=O)CC[C@@H]1[C@@H]2CC[C@@]2(C)[C@H]1CC[C@]2(O)C(=O)CO. The zero-order chi connectivity index (χ0) is 18.9. The molecule has 0 amide bonds. The highest BCUT2D eigenvalue weighted by Gasteiger charge is 2.65. The monoisotopic (exact) mass is 358 g/mol. The third kappa shape index (κ3) is 2.09. The van der Waals surface area contributed by atoms with Crippen molar-refractivity contribution in [3.63, 3.8) is 0 Å². The van der Waals surface area contributed by atoms with Crippen LogP contribution in [0.2, 0.25) is 0 Å². The third-order valence-electron chi connectivity index (χ3n) is 8.61. The number of carbonyl (C=O) groups is 2. The van der Waals surface area contributed by atoms with Gasteiger partial charge in [-0.3, -0.25) is 9.59 Å². The molecule has 3 fully saturated rings. The average molecular weight is 358 g/mol. The molecule has 0 radical (unpaired) electrons. The van der Waals surface area contributed by atoms with E-state index in [-0.39, 0.29) is 11.2 Å². The topological polar surface area (TPSA) is 74.6 Å². The average Bonchev–Trinajstić information content (AvgIpc) is 2.88. The number of allylic oxidation sites excluding steroid dienone is 4. The summed E-state index contributed by atoms with van der Waals surface area (Å²) in [5.41, 5.74) is 0.183. The summed E-state index contributed by atoms with van der Waals surface area (Å²) in [5, 5.41) is 20.6. The van der Waals surface area contributed by atoms with Gasteiger partial charge in [-0.25, -0.2) is 0 Å². The predicted molar refractivity (Wildman–Crippen MR) is 98.3 cm³/mol. The van der Waals surface area contributed by atoms with Gasteiger partial charge in [0.1, 0.15) is 12.2 Å². The summed E-state index contributed by atoms with van der Waals surface area (Å²) in [6.07, 6.45) is 9.04. The number of carbonyl (C=O) groups excluding carboxylic acids is 2. The Morgan fingerprint density at radius 1 is 1.19 bits per heavy atom. The summed E-state index contributed by atoms with van der Waals surface area (Å²) in [7, 11) is 0. The van der Waals surface area contributed by atoms with Crippen molar-refractivity contribution >= 4 is 11.6 Å². The number of aliphatic hydroxyl groups excluding tert-OH is 1. The molecular formula is C22H30O4. The molecule has 0 bridgehead atoms. The Bertz CT molecular complexity index is 734. The molecule has 0 heterocycles. The van der Waals surface area contributed by atoms with Gasteiger partial charge in [-0.15, -0.1) is 0 Å². The Kier molecular flexibility index (Phi) is 3.92. The lowest BCUT2D eigenvalue weighted by Crippen LogP contribution is -2.57. The Morgan fingerprint density at radius 2 is 1.88 bits per heavy atom. The second-order valence-corrected chi connectivity index (χ2v) is 9.50. The highest BCUT2D eigenvalue weighted by molar-refractivity contribution is 6.05. The molecule has 3 saturated carbocycles. The van der Waals surface area contributed by atoms with Crippen molar-refractivity contribution in [2.45, 2.75) is 64.9 Å². The predicted octanol–water partition coefficient (Wildman–Crippen LogP) is 2.98. The Labute approximate surface area is 155 Å². The number of hydrogen-bond donors (Lipinski definition) is 2. The highest BCUT2D eigenvalue weighted by atomic mass is 16.3. The molecule has 0 aliphatic heterocycles. The fourth-order valence-corrected chi connectivity index (χ4v) is 7.09. The van der Waals surface area contributed by atoms with Crippen LogP contribution in [0.5, 0.6) is 0 Å². The van der Waals surface area contributed by atoms with Gasteiger partial charge in [-0.2, -0.15) is 0 Å². The minimum atomic E-state index is -1.39. The van der Waals surface area contributed by atoms with Gasteiger partial charge in [0.15, 0.2) is 11.6 Å². The summed E-state index contributed by atoms with van der Waals surface area (Å²) in [6.45, 7) is 5.66. The molecule has 0 aromatic carbocycles. The highest BCUT2D eigenvalue weighted by Crippen LogP contribution is 2.67. The molecule has 0 saturated heterocycles. The number of fused-ring (bicyclic) bond motifs is 5. The Morgan fingerprint density at radius 3 is 2.58 bits per heavy atom. The smallest absolute Gasteiger partial charge is 0.190 e. The summed E-state index contributed by atoms with van der Waals surface area (Å²) in [5.74, 6) is 0.929. The van der Waals surface area contributed by atoms with Crippen molar-refractivity contribution in [1.82, 2.24) is 0 Å². The lowest BCUT2D eigenvalue weighted by Gasteiger charge is -2.58. The summed E-state index contributed by atoms with van der Waals surface area (Å²) in [4.78, 5) is 24.5. The molecule has 6 atom stereocenters. The van der Waals surface area contributed by atoms with Crippen molar-refractivity contribution in [3.8, 4) is 0 Å². The zero-order valence-electron chi connectivity index (χ0n) is 16.0. The molecule has 0 unspecified atom stereocenters. The number of ketones is 2. The van der Waals surface area contributed by atoms with E-state index in [1.807, 2.05) is 13.0 Å². The number of rotatable bonds is 2. The van der Waals surface area contributed by atoms with Gasteiger partial charge in [0, 0.05) is 10.8 Å². The number of Topliss-reactive ketones (excluding diaryl/α,β-unsaturated/α-hetero) is 1. The maximum Gasteiger partial charge on any atom is 0.190 e. The number of aliphatic hydroxyl groups is 2. The second-order valence-electron chi connectivity index (χ2n) is 9.50. The van der Waals surface area contributed by atoms with Crippen LogP contribution in [-0.4, -0.2) is 34.0 Å². The molecule has 4 heteroatoms. The minimum absolute atomic E-state index is 0.0794. The molecule has 4 rings (SSSR count). The molecule has 2 N–H and O–H groups in total. The normalized spacial score (nSPS) is 47.4. The quantitative estimate of drug-likeness (QED) is 0.796. The van der Waals surface area contributed by atoms with Crippen molar-refractivity contribution in [2.24, 2.45) is 28.6 Å². The van der Waals surface area contributed by atoms with E-state index in [9.17, 15) is 19.8 Å². The molecule has 0 aromatic heterocycles. The molecule has 142 valence electrons. The first-order valence-electron chi connectivity index (χ1n) is 9.99. The summed E-state index contributed by atoms with van der Waals surface area (Å²) >= 11 is 0. The van der Waals surface area contributed by atoms with Crippen LogP contribution in [0.15, 0.2) is 23.3 Å². The standard InChI is InChI=1S/C22H30O4/c1-13-11-20(2)14(10-18(13)24)4-5-15-16(20)6-8-21(3)17(15)7-9-22(21,26)19(25)12-23/h10-11,15-17,23,26H,4-9,12H2,1-3H3/t15-,16+,17+,20+,21+,22+/m1/s1. The van der Waals surface area contributed by atoms with Gasteiger partial charge < -0.3 is 10.2 Å². The van der Waals surface area contributed by atoms with E-state index in [1.54, 1.807) is 0 Å². The van der Waals surface area contributed by atoms with Crippen LogP contribution in [0, 0.1) is 28.6 Å². The van der Waals surface area contributed by atoms with Crippen LogP contribution in [-0.2, 0) is 9.59 Å². The van der Waals surface area contributed by atoms with Crippen molar-refractivity contribution in [3.05, 3.63) is 23.3 Å². The van der Waals surface area contributed by atoms with E-state index in [2.05, 4.69) is 19.9 Å². The lowest BCUT2D eigenvalue weighted by molar-refractivity contribution is -0.163. The van der Waals surface area contributed by atoms with Crippen LogP contribution in [0.4, 0.5) is 0 Å². The van der Waals surface area contributed by atoms with E-state index in [0.717, 1.165) is 37.7 Å². The van der Waals surface area contributed by atoms with Crippen LogP contribution in [0.1, 0.15) is 59.3 Å². The van der Waals surface area contributed by atoms with Gasteiger partial charge in [-0.05, 0) is 74.9 Å². The van der Waals surface area contributed by atoms with E-state index in [1.165, 1.54) is 5.57 Å². The van der Waals surface area contributed by atoms with Gasteiger partial charge in [0.2, 0.25) is 0 Å². The number of hydrogen-bond acceptors (Lipinski definition) is 4. The molecule has 0 aromatic rings. The fourth-order valence-electron chi connectivity index (χ4n) is 7.09. The van der Waals surface area contributed by atoms with Crippen molar-refractivity contribution in [2.75, 3.05) is 6.61 Å². The van der Waals surface area contributed by atoms with Crippen LogP contribution in [0.25, 0.3) is 0 Å². The second kappa shape index (κ2) is 5.62. The molecule has 4 nitrogen and oxygen atoms in total. The third-order valence-corrected chi connectivity index (χ3v) is 8.61. The summed E-state index contributed by atoms with van der Waals surface area (Å²) < 4.78 is 0. The van der Waals surface area contributed by atoms with E-state index in [0.29, 0.717) is 24.2 Å². The molecular weight excluding hydrogens is 328 g/mol. The maximum atomic E-state index is 12.4. The molecule has 26 heavy (non-hydrogen) atoms. The fraction of sp³-hybridized carbons (Fsp3) is 0.727. The van der Waals surface area contributed by atoms with Crippen molar-refractivity contribution in [1.29, 1.82) is 0 Å². The van der Waals surface area contributed by atoms with Crippen LogP contribution >= 0.6 is 0 Å². The van der Waals surface area contributed by atoms with E-state index in [4.69, 9.17) is 0 Å².